The van der Waals surface area contributed by atoms with Gasteiger partial charge in [0, 0.05) is 56.7 Å². The minimum absolute atomic E-state index is 0.246. The van der Waals surface area contributed by atoms with Gasteiger partial charge >= 0.3 is 10.0 Å². The van der Waals surface area contributed by atoms with Crippen LogP contribution >= 0.6 is 0 Å². The smallest absolute Gasteiger partial charge is 0.329 e. The van der Waals surface area contributed by atoms with Crippen LogP contribution in [0.5, 0.6) is 0 Å². The van der Waals surface area contributed by atoms with Crippen molar-refractivity contribution in [1.82, 2.24) is 19.7 Å². The molecule has 0 radical (unpaired) electrons. The molecule has 0 saturated heterocycles. The van der Waals surface area contributed by atoms with Crippen LogP contribution in [-0.4, -0.2) is 59.5 Å². The lowest BCUT2D eigenvalue weighted by molar-refractivity contribution is -0.321. The maximum Gasteiger partial charge on any atom is 0.394 e. The van der Waals surface area contributed by atoms with E-state index in [1.165, 1.54) is 17.2 Å². The molecular formula is C25H30N7O2S+. The summed E-state index contributed by atoms with van der Waals surface area (Å²) in [6, 6.07) is 13.3. The zero-order valence-corrected chi connectivity index (χ0v) is 21.9. The van der Waals surface area contributed by atoms with Gasteiger partial charge in [-0.15, -0.1) is 3.98 Å². The van der Waals surface area contributed by atoms with Gasteiger partial charge in [0.2, 0.25) is 5.95 Å². The Bertz CT molecular complexity index is 1560. The van der Waals surface area contributed by atoms with Crippen molar-refractivity contribution in [2.45, 2.75) is 25.7 Å². The Morgan fingerprint density at radius 3 is 2.40 bits per heavy atom. The number of fused-ring (bicyclic) bond motifs is 1. The summed E-state index contributed by atoms with van der Waals surface area (Å²) in [5, 5.41) is 5.61. The summed E-state index contributed by atoms with van der Waals surface area (Å²) >= 11 is 0. The van der Waals surface area contributed by atoms with Crippen LogP contribution in [0.3, 0.4) is 0 Å². The maximum atomic E-state index is 12.9. The highest BCUT2D eigenvalue weighted by atomic mass is 32.2. The molecule has 0 amide bonds. The highest BCUT2D eigenvalue weighted by Gasteiger charge is 2.26. The lowest BCUT2D eigenvalue weighted by atomic mass is 10.2. The monoisotopic (exact) mass is 492 g/mol. The van der Waals surface area contributed by atoms with Crippen molar-refractivity contribution < 1.29 is 12.4 Å². The van der Waals surface area contributed by atoms with Gasteiger partial charge in [-0.25, -0.2) is 4.98 Å². The van der Waals surface area contributed by atoms with E-state index in [1.807, 2.05) is 61.9 Å². The second-order valence-corrected chi connectivity index (χ2v) is 10.4. The van der Waals surface area contributed by atoms with Gasteiger partial charge in [-0.2, -0.15) is 18.5 Å². The Morgan fingerprint density at radius 1 is 1.00 bits per heavy atom. The molecule has 35 heavy (non-hydrogen) atoms. The van der Waals surface area contributed by atoms with Gasteiger partial charge < -0.3 is 9.80 Å². The molecule has 0 atom stereocenters. The fraction of sp³-hybridized carbons (Fsp3) is 0.280. The second kappa shape index (κ2) is 9.10. The SMILES string of the molecule is C/C=[N+](\C)S(=O)(=O)c1cc(N(C)c2nccc(N(C)c3ccc4nn(C)c(C)c4c3)n2)ccc1C. The summed E-state index contributed by atoms with van der Waals surface area (Å²) in [5.74, 6) is 1.17. The van der Waals surface area contributed by atoms with Crippen molar-refractivity contribution in [2.24, 2.45) is 7.05 Å². The molecule has 2 aromatic heterocycles. The van der Waals surface area contributed by atoms with Crippen molar-refractivity contribution in [3.05, 3.63) is 59.9 Å². The fourth-order valence-corrected chi connectivity index (χ4v) is 5.16. The van der Waals surface area contributed by atoms with Crippen LogP contribution in [0, 0.1) is 13.8 Å². The molecule has 0 spiro atoms. The molecule has 10 heteroatoms. The lowest BCUT2D eigenvalue weighted by Gasteiger charge is -2.22. The van der Waals surface area contributed by atoms with E-state index >= 15 is 0 Å². The first-order valence-corrected chi connectivity index (χ1v) is 12.6. The van der Waals surface area contributed by atoms with Gasteiger partial charge in [0.15, 0.2) is 13.3 Å². The predicted octanol–water partition coefficient (Wildman–Crippen LogP) is 3.94. The van der Waals surface area contributed by atoms with Crippen LogP contribution in [0.2, 0.25) is 0 Å². The Morgan fingerprint density at radius 2 is 1.69 bits per heavy atom. The highest BCUT2D eigenvalue weighted by Crippen LogP contribution is 2.30. The number of benzene rings is 2. The van der Waals surface area contributed by atoms with Crippen molar-refractivity contribution in [2.75, 3.05) is 30.9 Å². The zero-order chi connectivity index (χ0) is 25.5. The Hall–Kier alpha value is -3.79. The van der Waals surface area contributed by atoms with Gasteiger partial charge in [0.1, 0.15) is 10.7 Å². The third-order valence-corrected chi connectivity index (χ3v) is 8.32. The molecule has 0 fully saturated rings. The molecule has 4 aromatic rings. The van der Waals surface area contributed by atoms with E-state index in [1.54, 1.807) is 37.1 Å². The minimum Gasteiger partial charge on any atom is -0.329 e. The third kappa shape index (κ3) is 4.37. The summed E-state index contributed by atoms with van der Waals surface area (Å²) in [7, 11) is 3.59. The molecule has 0 aliphatic rings. The van der Waals surface area contributed by atoms with Crippen LogP contribution in [0.25, 0.3) is 10.9 Å². The van der Waals surface area contributed by atoms with E-state index in [2.05, 4.69) is 16.1 Å². The van der Waals surface area contributed by atoms with Crippen LogP contribution in [0.15, 0.2) is 53.6 Å². The number of hydrogen-bond donors (Lipinski definition) is 0. The van der Waals surface area contributed by atoms with Gasteiger partial charge in [0.25, 0.3) is 0 Å². The summed E-state index contributed by atoms with van der Waals surface area (Å²) in [6.45, 7) is 5.52. The predicted molar refractivity (Wildman–Crippen MR) is 140 cm³/mol. The normalized spacial score (nSPS) is 12.3. The number of sulfonamides is 1. The molecule has 2 heterocycles. The average molecular weight is 493 g/mol. The molecule has 9 nitrogen and oxygen atoms in total. The van der Waals surface area contributed by atoms with Crippen LogP contribution < -0.4 is 9.80 Å². The van der Waals surface area contributed by atoms with E-state index in [-0.39, 0.29) is 4.90 Å². The summed E-state index contributed by atoms with van der Waals surface area (Å²) in [4.78, 5) is 13.2. The third-order valence-electron chi connectivity index (χ3n) is 6.35. The van der Waals surface area contributed by atoms with E-state index < -0.39 is 10.0 Å². The van der Waals surface area contributed by atoms with Gasteiger partial charge in [-0.05, 0) is 55.8 Å². The number of rotatable bonds is 6. The molecule has 0 aliphatic heterocycles. The van der Waals surface area contributed by atoms with Crippen LogP contribution in [0.1, 0.15) is 18.2 Å². The average Bonchev–Trinajstić information content (AvgIpc) is 3.15. The number of anilines is 4. The first-order chi connectivity index (χ1) is 16.5. The minimum atomic E-state index is -3.64. The maximum absolute atomic E-state index is 12.9. The van der Waals surface area contributed by atoms with Crippen molar-refractivity contribution in [1.29, 1.82) is 0 Å². The molecule has 0 N–H and O–H groups in total. The molecule has 4 rings (SSSR count). The first-order valence-electron chi connectivity index (χ1n) is 11.2. The van der Waals surface area contributed by atoms with E-state index in [9.17, 15) is 8.42 Å². The second-order valence-electron chi connectivity index (χ2n) is 8.47. The van der Waals surface area contributed by atoms with Gasteiger partial charge in [-0.1, -0.05) is 6.07 Å². The molecule has 2 aromatic carbocycles. The fourth-order valence-electron chi connectivity index (χ4n) is 3.83. The van der Waals surface area contributed by atoms with Crippen molar-refractivity contribution >= 4 is 50.3 Å². The van der Waals surface area contributed by atoms with Crippen LogP contribution in [0.4, 0.5) is 23.1 Å². The summed E-state index contributed by atoms with van der Waals surface area (Å²) in [6.07, 6.45) is 3.22. The molecule has 0 aliphatic carbocycles. The molecule has 182 valence electrons. The first kappa shape index (κ1) is 24.3. The van der Waals surface area contributed by atoms with Crippen molar-refractivity contribution in [3.8, 4) is 0 Å². The molecule has 0 unspecified atom stereocenters. The molecular weight excluding hydrogens is 462 g/mol. The quantitative estimate of drug-likeness (QED) is 0.298. The highest BCUT2D eigenvalue weighted by molar-refractivity contribution is 7.85. The van der Waals surface area contributed by atoms with Crippen LogP contribution in [-0.2, 0) is 17.1 Å². The lowest BCUT2D eigenvalue weighted by Crippen LogP contribution is -2.20. The zero-order valence-electron chi connectivity index (χ0n) is 21.1. The van der Waals surface area contributed by atoms with Crippen molar-refractivity contribution in [3.63, 3.8) is 0 Å². The Balaban J connectivity index is 1.69. The number of hydrogen-bond acceptors (Lipinski definition) is 7. The van der Waals surface area contributed by atoms with E-state index in [4.69, 9.17) is 4.98 Å². The standard InChI is InChI=1S/C25H30N7O2S/c1-8-29(4)35(33,34)23-16-20(10-9-17(23)2)31(6)25-26-14-13-24(27-25)30(5)19-11-12-22-21(15-19)18(3)32(7)28-22/h8-16H,1-7H3/q+1/b29-8+. The Labute approximate surface area is 206 Å². The van der Waals surface area contributed by atoms with Gasteiger partial charge in [-0.3, -0.25) is 4.68 Å². The van der Waals surface area contributed by atoms with E-state index in [0.717, 1.165) is 22.3 Å². The number of aryl methyl sites for hydroxylation is 3. The number of nitrogens with zero attached hydrogens (tertiary/aromatic N) is 7. The number of aromatic nitrogens is 4. The van der Waals surface area contributed by atoms with E-state index in [0.29, 0.717) is 23.0 Å². The van der Waals surface area contributed by atoms with Gasteiger partial charge in [0.05, 0.1) is 5.52 Å². The molecule has 0 saturated carbocycles. The topological polar surface area (TPSA) is 87.2 Å². The summed E-state index contributed by atoms with van der Waals surface area (Å²) < 4.78 is 29.0. The Kier molecular flexibility index (Phi) is 6.33. The molecule has 0 bridgehead atoms. The summed E-state index contributed by atoms with van der Waals surface area (Å²) in [5.41, 5.74) is 4.36. The largest absolute Gasteiger partial charge is 0.394 e.